The Balaban J connectivity index is 1.72. The van der Waals surface area contributed by atoms with Crippen molar-refractivity contribution in [2.45, 2.75) is 5.92 Å². The van der Waals surface area contributed by atoms with Crippen LogP contribution >= 0.6 is 11.6 Å². The van der Waals surface area contributed by atoms with Gasteiger partial charge in [-0.25, -0.2) is 14.0 Å². The lowest BCUT2D eigenvalue weighted by atomic mass is 9.95. The largest absolute Gasteiger partial charge is 0.478 e. The van der Waals surface area contributed by atoms with Gasteiger partial charge < -0.3 is 19.6 Å². The van der Waals surface area contributed by atoms with E-state index in [1.807, 2.05) is 0 Å². The van der Waals surface area contributed by atoms with Crippen molar-refractivity contribution < 1.29 is 28.3 Å². The highest BCUT2D eigenvalue weighted by Gasteiger charge is 2.22. The average molecular weight is 480 g/mol. The summed E-state index contributed by atoms with van der Waals surface area (Å²) in [6, 6.07) is 15.1. The number of fused-ring (bicyclic) bond motifs is 1. The summed E-state index contributed by atoms with van der Waals surface area (Å²) in [5.41, 5.74) is 0.653. The van der Waals surface area contributed by atoms with Crippen molar-refractivity contribution in [3.8, 4) is 11.1 Å². The maximum absolute atomic E-state index is 13.5. The first-order chi connectivity index (χ1) is 16.3. The Labute approximate surface area is 196 Å². The normalized spacial score (nSPS) is 11.7. The summed E-state index contributed by atoms with van der Waals surface area (Å²) < 4.78 is 18.7. The fourth-order valence-electron chi connectivity index (χ4n) is 3.55. The number of carboxylic acid groups (broad SMARTS) is 1. The van der Waals surface area contributed by atoms with Crippen molar-refractivity contribution in [2.75, 3.05) is 5.32 Å². The highest BCUT2D eigenvalue weighted by molar-refractivity contribution is 6.33. The van der Waals surface area contributed by atoms with Crippen molar-refractivity contribution in [1.29, 1.82) is 0 Å². The number of hydrogen-bond acceptors (Lipinski definition) is 5. The van der Waals surface area contributed by atoms with E-state index >= 15 is 0 Å². The number of hydrogen-bond donors (Lipinski definition) is 2. The highest BCUT2D eigenvalue weighted by Crippen LogP contribution is 2.34. The van der Waals surface area contributed by atoms with E-state index in [-0.39, 0.29) is 27.4 Å². The van der Waals surface area contributed by atoms with Gasteiger partial charge in [-0.05, 0) is 48.0 Å². The standard InChI is InChI=1S/C25H15ClFNO6/c26-21-10-15(27)5-7-17(21)19-11-23(30)34-22-9-13(4-6-18(19)22)20(12-29)24(31)28-16-3-1-2-14(8-16)25(32)33/h1-12,20H,(H,28,31)(H,32,33). The number of halogens is 2. The zero-order valence-electron chi connectivity index (χ0n) is 17.2. The van der Waals surface area contributed by atoms with Crippen LogP contribution in [0.2, 0.25) is 5.02 Å². The predicted octanol–water partition coefficient (Wildman–Crippen LogP) is 4.87. The van der Waals surface area contributed by atoms with Crippen molar-refractivity contribution in [2.24, 2.45) is 0 Å². The summed E-state index contributed by atoms with van der Waals surface area (Å²) in [5.74, 6) is -3.65. The lowest BCUT2D eigenvalue weighted by Crippen LogP contribution is -2.22. The molecule has 4 rings (SSSR count). The summed E-state index contributed by atoms with van der Waals surface area (Å²) in [6.45, 7) is 0. The number of rotatable bonds is 6. The molecule has 1 heterocycles. The van der Waals surface area contributed by atoms with Crippen molar-refractivity contribution >= 4 is 46.4 Å². The van der Waals surface area contributed by atoms with Crippen LogP contribution in [0, 0.1) is 5.82 Å². The van der Waals surface area contributed by atoms with Crippen LogP contribution in [0.3, 0.4) is 0 Å². The zero-order valence-corrected chi connectivity index (χ0v) is 18.0. The molecule has 0 saturated carbocycles. The number of nitrogens with one attached hydrogen (secondary N) is 1. The molecule has 0 bridgehead atoms. The van der Waals surface area contributed by atoms with Crippen molar-refractivity contribution in [3.05, 3.63) is 99.1 Å². The third-order valence-corrected chi connectivity index (χ3v) is 5.46. The van der Waals surface area contributed by atoms with Crippen LogP contribution in [0.4, 0.5) is 10.1 Å². The first-order valence-corrected chi connectivity index (χ1v) is 10.3. The first-order valence-electron chi connectivity index (χ1n) is 9.89. The van der Waals surface area contributed by atoms with Crippen LogP contribution in [-0.4, -0.2) is 23.3 Å². The fraction of sp³-hybridized carbons (Fsp3) is 0.0400. The molecule has 0 aliphatic rings. The third-order valence-electron chi connectivity index (χ3n) is 5.14. The first kappa shape index (κ1) is 22.9. The number of anilines is 1. The molecule has 0 saturated heterocycles. The van der Waals surface area contributed by atoms with E-state index in [0.29, 0.717) is 22.8 Å². The molecular formula is C25H15ClFNO6. The van der Waals surface area contributed by atoms with Gasteiger partial charge in [0, 0.05) is 28.3 Å². The number of aromatic carboxylic acids is 1. The van der Waals surface area contributed by atoms with E-state index in [1.54, 1.807) is 6.07 Å². The Hall–Kier alpha value is -4.30. The molecule has 34 heavy (non-hydrogen) atoms. The average Bonchev–Trinajstić information content (AvgIpc) is 2.79. The smallest absolute Gasteiger partial charge is 0.336 e. The van der Waals surface area contributed by atoms with Gasteiger partial charge in [0.2, 0.25) is 5.91 Å². The van der Waals surface area contributed by atoms with Gasteiger partial charge in [-0.15, -0.1) is 0 Å². The number of carbonyl (C=O) groups excluding carboxylic acids is 2. The number of carbonyl (C=O) groups is 3. The topological polar surface area (TPSA) is 114 Å². The molecule has 4 aromatic rings. The summed E-state index contributed by atoms with van der Waals surface area (Å²) in [6.07, 6.45) is 0.427. The van der Waals surface area contributed by atoms with E-state index in [0.717, 1.165) is 6.07 Å². The number of benzene rings is 3. The van der Waals surface area contributed by atoms with E-state index in [4.69, 9.17) is 21.1 Å². The van der Waals surface area contributed by atoms with E-state index < -0.39 is 29.2 Å². The van der Waals surface area contributed by atoms with Gasteiger partial charge in [-0.2, -0.15) is 0 Å². The Morgan fingerprint density at radius 2 is 1.82 bits per heavy atom. The number of amides is 1. The second-order valence-electron chi connectivity index (χ2n) is 7.35. The van der Waals surface area contributed by atoms with E-state index in [1.165, 1.54) is 54.6 Å². The molecule has 1 unspecified atom stereocenters. The molecule has 2 N–H and O–H groups in total. The molecule has 1 aromatic heterocycles. The minimum Gasteiger partial charge on any atom is -0.478 e. The van der Waals surface area contributed by atoms with Gasteiger partial charge >= 0.3 is 11.6 Å². The second kappa shape index (κ2) is 9.29. The maximum Gasteiger partial charge on any atom is 0.336 e. The minimum atomic E-state index is -1.26. The quantitative estimate of drug-likeness (QED) is 0.232. The van der Waals surface area contributed by atoms with Crippen molar-refractivity contribution in [3.63, 3.8) is 0 Å². The molecule has 1 atom stereocenters. The van der Waals surface area contributed by atoms with Gasteiger partial charge in [-0.1, -0.05) is 29.8 Å². The zero-order chi connectivity index (χ0) is 24.4. The molecular weight excluding hydrogens is 465 g/mol. The molecule has 0 aliphatic carbocycles. The fourth-order valence-corrected chi connectivity index (χ4v) is 3.81. The molecule has 0 fully saturated rings. The van der Waals surface area contributed by atoms with Crippen LogP contribution in [0.15, 0.2) is 75.9 Å². The number of carboxylic acids is 1. The summed E-state index contributed by atoms with van der Waals surface area (Å²) >= 11 is 6.16. The summed E-state index contributed by atoms with van der Waals surface area (Å²) in [4.78, 5) is 47.9. The van der Waals surface area contributed by atoms with Crippen LogP contribution in [0.1, 0.15) is 21.8 Å². The summed E-state index contributed by atoms with van der Waals surface area (Å²) in [7, 11) is 0. The molecule has 9 heteroatoms. The van der Waals surface area contributed by atoms with E-state index in [2.05, 4.69) is 5.32 Å². The summed E-state index contributed by atoms with van der Waals surface area (Å²) in [5, 5.41) is 12.2. The van der Waals surface area contributed by atoms with Gasteiger partial charge in [0.05, 0.1) is 10.6 Å². The lowest BCUT2D eigenvalue weighted by Gasteiger charge is -2.13. The second-order valence-corrected chi connectivity index (χ2v) is 7.76. The Kier molecular flexibility index (Phi) is 6.25. The van der Waals surface area contributed by atoms with Crippen LogP contribution < -0.4 is 10.9 Å². The number of aldehydes is 1. The molecule has 7 nitrogen and oxygen atoms in total. The molecule has 0 spiro atoms. The van der Waals surface area contributed by atoms with Crippen LogP contribution in [-0.2, 0) is 9.59 Å². The lowest BCUT2D eigenvalue weighted by molar-refractivity contribution is -0.122. The Morgan fingerprint density at radius 3 is 2.53 bits per heavy atom. The van der Waals surface area contributed by atoms with Gasteiger partial charge in [0.25, 0.3) is 0 Å². The van der Waals surface area contributed by atoms with Crippen molar-refractivity contribution in [1.82, 2.24) is 0 Å². The van der Waals surface area contributed by atoms with Gasteiger partial charge in [0.1, 0.15) is 23.6 Å². The molecule has 3 aromatic carbocycles. The van der Waals surface area contributed by atoms with Gasteiger partial charge in [-0.3, -0.25) is 4.79 Å². The molecule has 0 radical (unpaired) electrons. The highest BCUT2D eigenvalue weighted by atomic mass is 35.5. The van der Waals surface area contributed by atoms with Gasteiger partial charge in [0.15, 0.2) is 0 Å². The maximum atomic E-state index is 13.5. The Morgan fingerprint density at radius 1 is 1.03 bits per heavy atom. The van der Waals surface area contributed by atoms with Crippen LogP contribution in [0.25, 0.3) is 22.1 Å². The Bertz CT molecular complexity index is 1510. The SMILES string of the molecule is O=CC(C(=O)Nc1cccc(C(=O)O)c1)c1ccc2c(-c3ccc(F)cc3Cl)cc(=O)oc2c1. The third kappa shape index (κ3) is 4.57. The molecule has 0 aliphatic heterocycles. The molecule has 1 amide bonds. The van der Waals surface area contributed by atoms with E-state index in [9.17, 15) is 23.6 Å². The predicted molar refractivity (Wildman–Crippen MR) is 124 cm³/mol. The van der Waals surface area contributed by atoms with Crippen LogP contribution in [0.5, 0.6) is 0 Å². The monoisotopic (exact) mass is 479 g/mol. The minimum absolute atomic E-state index is 0.0279. The molecule has 170 valence electrons.